The Balaban J connectivity index is 2.13. The molecule has 0 aliphatic carbocycles. The fourth-order valence-electron chi connectivity index (χ4n) is 1.82. The number of rotatable bonds is 4. The van der Waals surface area contributed by atoms with E-state index in [1.54, 1.807) is 30.3 Å². The van der Waals surface area contributed by atoms with Crippen LogP contribution in [0.2, 0.25) is 5.02 Å². The van der Waals surface area contributed by atoms with E-state index < -0.39 is 5.91 Å². The molecule has 4 N–H and O–H groups in total. The predicted molar refractivity (Wildman–Crippen MR) is 79.9 cm³/mol. The van der Waals surface area contributed by atoms with E-state index in [-0.39, 0.29) is 0 Å². The van der Waals surface area contributed by atoms with Crippen LogP contribution in [0.4, 0.5) is 5.69 Å². The third kappa shape index (κ3) is 3.22. The molecule has 0 aliphatic rings. The van der Waals surface area contributed by atoms with E-state index in [1.165, 1.54) is 0 Å². The zero-order valence-corrected chi connectivity index (χ0v) is 11.8. The van der Waals surface area contributed by atoms with Gasteiger partial charge < -0.3 is 16.2 Å². The molecule has 4 nitrogen and oxygen atoms in total. The molecule has 0 saturated carbocycles. The summed E-state index contributed by atoms with van der Waals surface area (Å²) in [5, 5.41) is 0.567. The molecular weight excluding hydrogens is 276 g/mol. The number of hydrogen-bond acceptors (Lipinski definition) is 3. The molecule has 0 radical (unpaired) electrons. The first-order chi connectivity index (χ1) is 9.47. The molecule has 2 aromatic rings. The van der Waals surface area contributed by atoms with Crippen molar-refractivity contribution >= 4 is 23.2 Å². The van der Waals surface area contributed by atoms with Gasteiger partial charge in [0, 0.05) is 10.6 Å². The number of anilines is 1. The third-order valence-corrected chi connectivity index (χ3v) is 3.22. The van der Waals surface area contributed by atoms with Gasteiger partial charge in [-0.1, -0.05) is 17.7 Å². The van der Waals surface area contributed by atoms with Gasteiger partial charge in [-0.25, -0.2) is 0 Å². The number of aryl methyl sites for hydroxylation is 1. The maximum Gasteiger partial charge on any atom is 0.248 e. The first-order valence-electron chi connectivity index (χ1n) is 6.04. The molecule has 1 amide bonds. The molecule has 0 unspecified atom stereocenters. The summed E-state index contributed by atoms with van der Waals surface area (Å²) < 4.78 is 5.66. The topological polar surface area (TPSA) is 78.3 Å². The first kappa shape index (κ1) is 14.2. The number of nitrogen functional groups attached to an aromatic ring is 1. The molecule has 104 valence electrons. The number of nitrogens with two attached hydrogens (primary N) is 2. The molecular formula is C15H15ClN2O2. The molecule has 0 aliphatic heterocycles. The second-order valence-corrected chi connectivity index (χ2v) is 4.91. The van der Waals surface area contributed by atoms with Gasteiger partial charge in [0.05, 0.1) is 5.69 Å². The Kier molecular flexibility index (Phi) is 4.15. The highest BCUT2D eigenvalue weighted by Crippen LogP contribution is 2.26. The summed E-state index contributed by atoms with van der Waals surface area (Å²) in [5.74, 6) is 0.135. The largest absolute Gasteiger partial charge is 0.487 e. The van der Waals surface area contributed by atoms with Gasteiger partial charge in [0.15, 0.2) is 0 Å². The summed E-state index contributed by atoms with van der Waals surface area (Å²) in [6.45, 7) is 2.26. The molecule has 0 fully saturated rings. The Morgan fingerprint density at radius 3 is 2.60 bits per heavy atom. The van der Waals surface area contributed by atoms with Crippen molar-refractivity contribution in [3.8, 4) is 5.75 Å². The SMILES string of the molecule is Cc1cc(C(N)=O)ccc1COc1ccc(Cl)cc1N. The van der Waals surface area contributed by atoms with Crippen LogP contribution in [-0.4, -0.2) is 5.91 Å². The number of amides is 1. The normalized spacial score (nSPS) is 10.3. The van der Waals surface area contributed by atoms with Crippen LogP contribution in [0.1, 0.15) is 21.5 Å². The summed E-state index contributed by atoms with van der Waals surface area (Å²) in [6.07, 6.45) is 0. The standard InChI is InChI=1S/C15H15ClN2O2/c1-9-6-10(15(18)19)2-3-11(9)8-20-14-5-4-12(16)7-13(14)17/h2-7H,8,17H2,1H3,(H2,18,19). The molecule has 20 heavy (non-hydrogen) atoms. The summed E-state index contributed by atoms with van der Waals surface area (Å²) in [5.41, 5.74) is 13.9. The van der Waals surface area contributed by atoms with E-state index in [1.807, 2.05) is 13.0 Å². The van der Waals surface area contributed by atoms with Crippen molar-refractivity contribution in [3.05, 3.63) is 58.1 Å². The molecule has 5 heteroatoms. The van der Waals surface area contributed by atoms with Crippen molar-refractivity contribution < 1.29 is 9.53 Å². The lowest BCUT2D eigenvalue weighted by molar-refractivity contribution is 0.1000. The molecule has 0 saturated heterocycles. The summed E-state index contributed by atoms with van der Waals surface area (Å²) in [7, 11) is 0. The molecule has 2 aromatic carbocycles. The molecule has 0 aromatic heterocycles. The Bertz CT molecular complexity index is 656. The fourth-order valence-corrected chi connectivity index (χ4v) is 2.00. The van der Waals surface area contributed by atoms with Gasteiger partial charge in [0.2, 0.25) is 5.91 Å². The molecule has 0 bridgehead atoms. The Morgan fingerprint density at radius 2 is 2.00 bits per heavy atom. The lowest BCUT2D eigenvalue weighted by Crippen LogP contribution is -2.11. The van der Waals surface area contributed by atoms with Crippen LogP contribution in [0.25, 0.3) is 0 Å². The van der Waals surface area contributed by atoms with Crippen LogP contribution in [0.15, 0.2) is 36.4 Å². The van der Waals surface area contributed by atoms with Crippen LogP contribution in [0.3, 0.4) is 0 Å². The van der Waals surface area contributed by atoms with Crippen LogP contribution < -0.4 is 16.2 Å². The lowest BCUT2D eigenvalue weighted by atomic mass is 10.1. The Hall–Kier alpha value is -2.20. The minimum absolute atomic E-state index is 0.358. The second-order valence-electron chi connectivity index (χ2n) is 4.48. The highest BCUT2D eigenvalue weighted by Gasteiger charge is 2.06. The van der Waals surface area contributed by atoms with Gasteiger partial charge in [-0.05, 0) is 48.4 Å². The number of primary amides is 1. The molecule has 0 atom stereocenters. The maximum absolute atomic E-state index is 11.1. The van der Waals surface area contributed by atoms with Crippen molar-refractivity contribution in [1.82, 2.24) is 0 Å². The first-order valence-corrected chi connectivity index (χ1v) is 6.42. The van der Waals surface area contributed by atoms with Gasteiger partial charge in [-0.2, -0.15) is 0 Å². The van der Waals surface area contributed by atoms with E-state index in [0.29, 0.717) is 28.6 Å². The van der Waals surface area contributed by atoms with E-state index in [9.17, 15) is 4.79 Å². The summed E-state index contributed by atoms with van der Waals surface area (Å²) >= 11 is 5.83. The van der Waals surface area contributed by atoms with Gasteiger partial charge in [-0.15, -0.1) is 0 Å². The van der Waals surface area contributed by atoms with Crippen molar-refractivity contribution in [1.29, 1.82) is 0 Å². The van der Waals surface area contributed by atoms with E-state index >= 15 is 0 Å². The van der Waals surface area contributed by atoms with E-state index in [0.717, 1.165) is 11.1 Å². The predicted octanol–water partition coefficient (Wildman–Crippen LogP) is 2.91. The van der Waals surface area contributed by atoms with Crippen molar-refractivity contribution in [2.75, 3.05) is 5.73 Å². The van der Waals surface area contributed by atoms with Crippen molar-refractivity contribution in [3.63, 3.8) is 0 Å². The van der Waals surface area contributed by atoms with Crippen molar-refractivity contribution in [2.45, 2.75) is 13.5 Å². The van der Waals surface area contributed by atoms with Gasteiger partial charge in [0.25, 0.3) is 0 Å². The third-order valence-electron chi connectivity index (χ3n) is 2.98. The fraction of sp³-hybridized carbons (Fsp3) is 0.133. The maximum atomic E-state index is 11.1. The quantitative estimate of drug-likeness (QED) is 0.850. The van der Waals surface area contributed by atoms with E-state index in [4.69, 9.17) is 27.8 Å². The second kappa shape index (κ2) is 5.84. The number of ether oxygens (including phenoxy) is 1. The van der Waals surface area contributed by atoms with Crippen LogP contribution >= 0.6 is 11.6 Å². The molecule has 0 heterocycles. The van der Waals surface area contributed by atoms with Gasteiger partial charge in [-0.3, -0.25) is 4.79 Å². The zero-order valence-electron chi connectivity index (χ0n) is 11.0. The van der Waals surface area contributed by atoms with Crippen LogP contribution in [0.5, 0.6) is 5.75 Å². The number of halogens is 1. The molecule has 0 spiro atoms. The van der Waals surface area contributed by atoms with Crippen LogP contribution in [-0.2, 0) is 6.61 Å². The average molecular weight is 291 g/mol. The number of carbonyl (C=O) groups excluding carboxylic acids is 1. The van der Waals surface area contributed by atoms with Crippen molar-refractivity contribution in [2.24, 2.45) is 5.73 Å². The highest BCUT2D eigenvalue weighted by atomic mass is 35.5. The number of carbonyl (C=O) groups is 1. The summed E-state index contributed by atoms with van der Waals surface area (Å²) in [4.78, 5) is 11.1. The van der Waals surface area contributed by atoms with Gasteiger partial charge in [0.1, 0.15) is 12.4 Å². The lowest BCUT2D eigenvalue weighted by Gasteiger charge is -2.11. The zero-order chi connectivity index (χ0) is 14.7. The average Bonchev–Trinajstić information content (AvgIpc) is 2.38. The number of benzene rings is 2. The van der Waals surface area contributed by atoms with E-state index in [2.05, 4.69) is 0 Å². The molecule has 2 rings (SSSR count). The Morgan fingerprint density at radius 1 is 1.25 bits per heavy atom. The smallest absolute Gasteiger partial charge is 0.248 e. The minimum atomic E-state index is -0.442. The van der Waals surface area contributed by atoms with Gasteiger partial charge >= 0.3 is 0 Å². The highest BCUT2D eigenvalue weighted by molar-refractivity contribution is 6.30. The van der Waals surface area contributed by atoms with Crippen LogP contribution in [0, 0.1) is 6.92 Å². The summed E-state index contributed by atoms with van der Waals surface area (Å²) in [6, 6.07) is 10.3. The monoisotopic (exact) mass is 290 g/mol. The number of hydrogen-bond donors (Lipinski definition) is 2. The minimum Gasteiger partial charge on any atom is -0.487 e. The Labute approximate surface area is 122 Å².